The topological polar surface area (TPSA) is 85.9 Å². The van der Waals surface area contributed by atoms with E-state index in [1.807, 2.05) is 54.0 Å². The standard InChI is InChI=1S/C27H29N3O5/c1-27(26(32)28-19-6-3-2-4-7-19)16-29-20(22-8-5-13-33-22)10-11-21(29)25(31)30(27)15-18-9-12-23-24(14-18)35-17-34-23/h5,8-14,19H,2-4,6-7,15-17H2,1H3,(H,28,32)/t27-/m0/s1. The summed E-state index contributed by atoms with van der Waals surface area (Å²) in [6, 6.07) is 13.2. The number of nitrogens with one attached hydrogen (secondary N) is 1. The Hall–Kier alpha value is -3.68. The highest BCUT2D eigenvalue weighted by atomic mass is 16.7. The normalized spacial score (nSPS) is 21.7. The van der Waals surface area contributed by atoms with Crippen LogP contribution in [-0.2, 0) is 17.9 Å². The molecule has 0 bridgehead atoms. The van der Waals surface area contributed by atoms with Crippen molar-refractivity contribution in [3.8, 4) is 23.0 Å². The lowest BCUT2D eigenvalue weighted by Crippen LogP contribution is -2.64. The molecule has 6 rings (SSSR count). The highest BCUT2D eigenvalue weighted by Gasteiger charge is 2.48. The molecule has 1 saturated carbocycles. The second kappa shape index (κ2) is 8.52. The van der Waals surface area contributed by atoms with Crippen LogP contribution in [-0.4, -0.2) is 39.7 Å². The number of nitrogens with zero attached hydrogens (tertiary/aromatic N) is 2. The van der Waals surface area contributed by atoms with E-state index in [4.69, 9.17) is 13.9 Å². The van der Waals surface area contributed by atoms with Crippen LogP contribution in [0.3, 0.4) is 0 Å². The van der Waals surface area contributed by atoms with E-state index in [1.165, 1.54) is 6.42 Å². The van der Waals surface area contributed by atoms with Gasteiger partial charge in [0.25, 0.3) is 5.91 Å². The number of rotatable bonds is 5. The van der Waals surface area contributed by atoms with E-state index in [2.05, 4.69) is 5.32 Å². The van der Waals surface area contributed by atoms with Crippen LogP contribution in [0.1, 0.15) is 55.1 Å². The van der Waals surface area contributed by atoms with Gasteiger partial charge in [0.2, 0.25) is 12.7 Å². The van der Waals surface area contributed by atoms with Crippen LogP contribution in [0.5, 0.6) is 11.5 Å². The smallest absolute Gasteiger partial charge is 0.271 e. The largest absolute Gasteiger partial charge is 0.463 e. The molecule has 1 atom stereocenters. The lowest BCUT2D eigenvalue weighted by atomic mass is 9.91. The van der Waals surface area contributed by atoms with E-state index in [0.717, 1.165) is 36.9 Å². The predicted octanol–water partition coefficient (Wildman–Crippen LogP) is 4.34. The van der Waals surface area contributed by atoms with Crippen molar-refractivity contribution in [1.82, 2.24) is 14.8 Å². The fourth-order valence-corrected chi connectivity index (χ4v) is 5.47. The molecule has 182 valence electrons. The molecule has 35 heavy (non-hydrogen) atoms. The molecular formula is C27H29N3O5. The summed E-state index contributed by atoms with van der Waals surface area (Å²) >= 11 is 0. The van der Waals surface area contributed by atoms with Crippen molar-refractivity contribution in [3.05, 3.63) is 60.0 Å². The van der Waals surface area contributed by atoms with Gasteiger partial charge in [0, 0.05) is 12.6 Å². The molecular weight excluding hydrogens is 446 g/mol. The Morgan fingerprint density at radius 3 is 2.66 bits per heavy atom. The van der Waals surface area contributed by atoms with Gasteiger partial charge in [-0.25, -0.2) is 0 Å². The highest BCUT2D eigenvalue weighted by molar-refractivity contribution is 6.00. The Morgan fingerprint density at radius 1 is 1.06 bits per heavy atom. The van der Waals surface area contributed by atoms with E-state index in [1.54, 1.807) is 11.2 Å². The second-order valence-electron chi connectivity index (χ2n) is 9.83. The zero-order chi connectivity index (χ0) is 24.0. The number of benzene rings is 1. The van der Waals surface area contributed by atoms with Gasteiger partial charge in [0.05, 0.1) is 18.5 Å². The Bertz CT molecular complexity index is 1260. The van der Waals surface area contributed by atoms with Crippen molar-refractivity contribution < 1.29 is 23.5 Å². The predicted molar refractivity (Wildman–Crippen MR) is 128 cm³/mol. The van der Waals surface area contributed by atoms with Gasteiger partial charge in [-0.15, -0.1) is 0 Å². The number of carbonyl (C=O) groups is 2. The van der Waals surface area contributed by atoms with Gasteiger partial charge in [-0.1, -0.05) is 25.3 Å². The molecule has 1 aromatic carbocycles. The molecule has 8 nitrogen and oxygen atoms in total. The average molecular weight is 476 g/mol. The molecule has 8 heteroatoms. The van der Waals surface area contributed by atoms with Crippen molar-refractivity contribution in [2.24, 2.45) is 0 Å². The van der Waals surface area contributed by atoms with Crippen molar-refractivity contribution in [2.45, 2.75) is 63.7 Å². The molecule has 1 N–H and O–H groups in total. The third-order valence-electron chi connectivity index (χ3n) is 7.49. The van der Waals surface area contributed by atoms with Gasteiger partial charge >= 0.3 is 0 Å². The number of furan rings is 1. The number of ether oxygens (including phenoxy) is 2. The summed E-state index contributed by atoms with van der Waals surface area (Å²) in [6.07, 6.45) is 7.00. The molecule has 0 spiro atoms. The molecule has 4 heterocycles. The number of amides is 2. The monoisotopic (exact) mass is 475 g/mol. The maximum atomic E-state index is 13.9. The molecule has 2 aliphatic heterocycles. The fraction of sp³-hybridized carbons (Fsp3) is 0.407. The molecule has 0 unspecified atom stereocenters. The maximum absolute atomic E-state index is 13.9. The van der Waals surface area contributed by atoms with Crippen molar-refractivity contribution in [2.75, 3.05) is 6.79 Å². The molecule has 3 aliphatic rings. The fourth-order valence-electron chi connectivity index (χ4n) is 5.47. The maximum Gasteiger partial charge on any atom is 0.271 e. The minimum atomic E-state index is -1.09. The van der Waals surface area contributed by atoms with Crippen molar-refractivity contribution >= 4 is 11.8 Å². The molecule has 3 aromatic rings. The summed E-state index contributed by atoms with van der Waals surface area (Å²) in [5, 5.41) is 3.27. The lowest BCUT2D eigenvalue weighted by Gasteiger charge is -2.45. The second-order valence-corrected chi connectivity index (χ2v) is 9.83. The summed E-state index contributed by atoms with van der Waals surface area (Å²) in [5.74, 6) is 1.71. The first-order chi connectivity index (χ1) is 17.0. The summed E-state index contributed by atoms with van der Waals surface area (Å²) in [6.45, 7) is 2.67. The SMILES string of the molecule is C[C@@]1(C(=O)NC2CCCCC2)Cn2c(ccc2-c2ccco2)C(=O)N1Cc1ccc2c(c1)OCO2. The lowest BCUT2D eigenvalue weighted by molar-refractivity contribution is -0.134. The Kier molecular flexibility index (Phi) is 5.31. The van der Waals surface area contributed by atoms with Crippen LogP contribution >= 0.6 is 0 Å². The Labute approximate surface area is 203 Å². The van der Waals surface area contributed by atoms with Crippen molar-refractivity contribution in [1.29, 1.82) is 0 Å². The Balaban J connectivity index is 1.37. The number of carbonyl (C=O) groups excluding carboxylic acids is 2. The minimum absolute atomic E-state index is 0.122. The zero-order valence-electron chi connectivity index (χ0n) is 19.8. The quantitative estimate of drug-likeness (QED) is 0.593. The first-order valence-corrected chi connectivity index (χ1v) is 12.3. The molecule has 2 aromatic heterocycles. The summed E-state index contributed by atoms with van der Waals surface area (Å²) < 4.78 is 18.5. The zero-order valence-corrected chi connectivity index (χ0v) is 19.8. The summed E-state index contributed by atoms with van der Waals surface area (Å²) in [5.41, 5.74) is 1.13. The van der Waals surface area contributed by atoms with E-state index in [0.29, 0.717) is 29.5 Å². The van der Waals surface area contributed by atoms with Gasteiger partial charge in [-0.2, -0.15) is 0 Å². The number of aromatic nitrogens is 1. The molecule has 1 aliphatic carbocycles. The first kappa shape index (κ1) is 21.8. The summed E-state index contributed by atoms with van der Waals surface area (Å²) in [4.78, 5) is 29.5. The number of hydrogen-bond donors (Lipinski definition) is 1. The van der Waals surface area contributed by atoms with E-state index in [9.17, 15) is 9.59 Å². The van der Waals surface area contributed by atoms with Gasteiger partial charge in [0.15, 0.2) is 11.5 Å². The van der Waals surface area contributed by atoms with Crippen molar-refractivity contribution in [3.63, 3.8) is 0 Å². The van der Waals surface area contributed by atoms with Crippen LogP contribution in [0.15, 0.2) is 53.1 Å². The van der Waals surface area contributed by atoms with Gasteiger partial charge < -0.3 is 28.7 Å². The van der Waals surface area contributed by atoms with Gasteiger partial charge in [0.1, 0.15) is 17.0 Å². The van der Waals surface area contributed by atoms with Crippen LogP contribution in [0.4, 0.5) is 0 Å². The molecule has 0 radical (unpaired) electrons. The van der Waals surface area contributed by atoms with Crippen LogP contribution in [0.2, 0.25) is 0 Å². The Morgan fingerprint density at radius 2 is 1.86 bits per heavy atom. The highest BCUT2D eigenvalue weighted by Crippen LogP contribution is 2.37. The molecule has 1 fully saturated rings. The van der Waals surface area contributed by atoms with Crippen LogP contribution in [0.25, 0.3) is 11.5 Å². The number of fused-ring (bicyclic) bond motifs is 2. The average Bonchev–Trinajstić information content (AvgIpc) is 3.62. The van der Waals surface area contributed by atoms with Crippen LogP contribution < -0.4 is 14.8 Å². The van der Waals surface area contributed by atoms with Gasteiger partial charge in [-0.3, -0.25) is 9.59 Å². The van der Waals surface area contributed by atoms with E-state index in [-0.39, 0.29) is 31.2 Å². The van der Waals surface area contributed by atoms with Crippen LogP contribution in [0, 0.1) is 0 Å². The summed E-state index contributed by atoms with van der Waals surface area (Å²) in [7, 11) is 0. The third kappa shape index (κ3) is 3.77. The van der Waals surface area contributed by atoms with E-state index >= 15 is 0 Å². The molecule has 0 saturated heterocycles. The third-order valence-corrected chi connectivity index (χ3v) is 7.49. The minimum Gasteiger partial charge on any atom is -0.463 e. The van der Waals surface area contributed by atoms with Gasteiger partial charge in [-0.05, 0) is 61.7 Å². The van der Waals surface area contributed by atoms with E-state index < -0.39 is 5.54 Å². The number of hydrogen-bond acceptors (Lipinski definition) is 5. The first-order valence-electron chi connectivity index (χ1n) is 12.3. The molecule has 2 amide bonds.